The Morgan fingerprint density at radius 1 is 1.43 bits per heavy atom. The Bertz CT molecular complexity index is 479. The Morgan fingerprint density at radius 3 is 2.71 bits per heavy atom. The van der Waals surface area contributed by atoms with E-state index < -0.39 is 6.10 Å². The number of benzene rings is 1. The van der Waals surface area contributed by atoms with E-state index in [1.165, 1.54) is 18.2 Å². The summed E-state index contributed by atoms with van der Waals surface area (Å²) in [4.78, 5) is 2.26. The van der Waals surface area contributed by atoms with Crippen LogP contribution < -0.4 is 0 Å². The molecule has 21 heavy (non-hydrogen) atoms. The molecular weight excluding hydrogens is 293 g/mol. The van der Waals surface area contributed by atoms with Crippen molar-refractivity contribution in [3.63, 3.8) is 0 Å². The highest BCUT2D eigenvalue weighted by molar-refractivity contribution is 6.31. The minimum atomic E-state index is -0.611. The summed E-state index contributed by atoms with van der Waals surface area (Å²) in [6.07, 6.45) is 0.541. The fourth-order valence-electron chi connectivity index (χ4n) is 2.87. The van der Waals surface area contributed by atoms with Gasteiger partial charge in [-0.1, -0.05) is 18.5 Å². The molecule has 0 amide bonds. The maximum Gasteiger partial charge on any atom is 0.123 e. The van der Waals surface area contributed by atoms with Crippen LogP contribution >= 0.6 is 11.6 Å². The summed E-state index contributed by atoms with van der Waals surface area (Å²) >= 11 is 6.11. The third-order valence-corrected chi connectivity index (χ3v) is 4.96. The molecule has 2 rings (SSSR count). The number of hydrogen-bond acceptors (Lipinski definition) is 3. The minimum absolute atomic E-state index is 0.328. The molecule has 1 aliphatic heterocycles. The van der Waals surface area contributed by atoms with Gasteiger partial charge in [-0.2, -0.15) is 0 Å². The van der Waals surface area contributed by atoms with Crippen LogP contribution in [0, 0.1) is 5.82 Å². The molecule has 2 atom stereocenters. The van der Waals surface area contributed by atoms with Gasteiger partial charge < -0.3 is 9.84 Å². The Morgan fingerprint density at radius 2 is 2.10 bits per heavy atom. The fraction of sp³-hybridized carbons (Fsp3) is 0.625. The fourth-order valence-corrected chi connectivity index (χ4v) is 3.07. The van der Waals surface area contributed by atoms with Gasteiger partial charge in [0.2, 0.25) is 0 Å². The first kappa shape index (κ1) is 16.7. The third kappa shape index (κ3) is 3.75. The lowest BCUT2D eigenvalue weighted by molar-refractivity contribution is -0.0714. The Balaban J connectivity index is 2.15. The number of ether oxygens (including phenoxy) is 1. The first-order chi connectivity index (χ1) is 9.97. The Labute approximate surface area is 130 Å². The summed E-state index contributed by atoms with van der Waals surface area (Å²) in [5, 5.41) is 11.2. The van der Waals surface area contributed by atoms with Crippen molar-refractivity contribution in [3.05, 3.63) is 34.6 Å². The van der Waals surface area contributed by atoms with E-state index in [4.69, 9.17) is 16.3 Å². The smallest absolute Gasteiger partial charge is 0.123 e. The van der Waals surface area contributed by atoms with Crippen LogP contribution in [0.25, 0.3) is 0 Å². The zero-order valence-electron chi connectivity index (χ0n) is 12.6. The molecular formula is C16H23ClFNO2. The van der Waals surface area contributed by atoms with E-state index in [2.05, 4.69) is 18.7 Å². The second-order valence-electron chi connectivity index (χ2n) is 5.77. The lowest BCUT2D eigenvalue weighted by Crippen LogP contribution is -2.58. The van der Waals surface area contributed by atoms with Crippen LogP contribution in [-0.4, -0.2) is 48.0 Å². The summed E-state index contributed by atoms with van der Waals surface area (Å²) in [7, 11) is 0. The number of rotatable bonds is 5. The van der Waals surface area contributed by atoms with Crippen molar-refractivity contribution < 1.29 is 14.2 Å². The Kier molecular flexibility index (Phi) is 5.60. The SMILES string of the molecule is CCC(C)(C(O)Cc1cc(F)ccc1Cl)N1CCOCC1. The summed E-state index contributed by atoms with van der Waals surface area (Å²) in [6.45, 7) is 7.09. The van der Waals surface area contributed by atoms with Gasteiger partial charge in [0, 0.05) is 30.1 Å². The average molecular weight is 316 g/mol. The highest BCUT2D eigenvalue weighted by Gasteiger charge is 2.38. The molecule has 0 bridgehead atoms. The maximum atomic E-state index is 13.4. The van der Waals surface area contributed by atoms with Crippen molar-refractivity contribution in [2.75, 3.05) is 26.3 Å². The highest BCUT2D eigenvalue weighted by atomic mass is 35.5. The molecule has 118 valence electrons. The van der Waals surface area contributed by atoms with Gasteiger partial charge in [-0.3, -0.25) is 4.90 Å². The number of halogens is 2. The molecule has 1 aromatic rings. The van der Waals surface area contributed by atoms with Crippen LogP contribution in [0.1, 0.15) is 25.8 Å². The lowest BCUT2D eigenvalue weighted by Gasteiger charge is -2.46. The van der Waals surface area contributed by atoms with Gasteiger partial charge >= 0.3 is 0 Å². The number of aliphatic hydroxyl groups excluding tert-OH is 1. The van der Waals surface area contributed by atoms with E-state index in [0.29, 0.717) is 30.2 Å². The summed E-state index contributed by atoms with van der Waals surface area (Å²) in [5.41, 5.74) is 0.288. The maximum absolute atomic E-state index is 13.4. The number of aliphatic hydroxyl groups is 1. The van der Waals surface area contributed by atoms with E-state index >= 15 is 0 Å². The van der Waals surface area contributed by atoms with Crippen LogP contribution in [-0.2, 0) is 11.2 Å². The molecule has 2 unspecified atom stereocenters. The number of morpholine rings is 1. The predicted molar refractivity (Wildman–Crippen MR) is 82.2 cm³/mol. The lowest BCUT2D eigenvalue weighted by atomic mass is 9.85. The second-order valence-corrected chi connectivity index (χ2v) is 6.17. The van der Waals surface area contributed by atoms with Gasteiger partial charge in [0.15, 0.2) is 0 Å². The van der Waals surface area contributed by atoms with Crippen LogP contribution in [0.15, 0.2) is 18.2 Å². The van der Waals surface area contributed by atoms with Crippen LogP contribution in [0.4, 0.5) is 4.39 Å². The molecule has 0 aromatic heterocycles. The molecule has 0 aliphatic carbocycles. The van der Waals surface area contributed by atoms with Crippen molar-refractivity contribution in [3.8, 4) is 0 Å². The van der Waals surface area contributed by atoms with E-state index in [1.807, 2.05) is 0 Å². The first-order valence-electron chi connectivity index (χ1n) is 7.42. The van der Waals surface area contributed by atoms with Gasteiger partial charge in [-0.15, -0.1) is 0 Å². The second kappa shape index (κ2) is 7.05. The topological polar surface area (TPSA) is 32.7 Å². The van der Waals surface area contributed by atoms with Gasteiger partial charge in [0.1, 0.15) is 5.82 Å². The monoisotopic (exact) mass is 315 g/mol. The van der Waals surface area contributed by atoms with E-state index in [0.717, 1.165) is 19.5 Å². The van der Waals surface area contributed by atoms with Crippen LogP contribution in [0.3, 0.4) is 0 Å². The summed E-state index contributed by atoms with van der Waals surface area (Å²) < 4.78 is 18.7. The molecule has 1 fully saturated rings. The number of hydrogen-bond donors (Lipinski definition) is 1. The van der Waals surface area contributed by atoms with Gasteiger partial charge in [0.25, 0.3) is 0 Å². The molecule has 1 heterocycles. The van der Waals surface area contributed by atoms with Crippen molar-refractivity contribution >= 4 is 11.6 Å². The van der Waals surface area contributed by atoms with Crippen LogP contribution in [0.2, 0.25) is 5.02 Å². The third-order valence-electron chi connectivity index (χ3n) is 4.59. The van der Waals surface area contributed by atoms with Crippen molar-refractivity contribution in [2.24, 2.45) is 0 Å². The molecule has 0 spiro atoms. The quantitative estimate of drug-likeness (QED) is 0.907. The molecule has 1 aromatic carbocycles. The highest BCUT2D eigenvalue weighted by Crippen LogP contribution is 2.29. The molecule has 0 radical (unpaired) electrons. The molecule has 0 saturated carbocycles. The van der Waals surface area contributed by atoms with Gasteiger partial charge in [-0.05, 0) is 37.1 Å². The van der Waals surface area contributed by atoms with Crippen molar-refractivity contribution in [2.45, 2.75) is 38.3 Å². The van der Waals surface area contributed by atoms with Crippen molar-refractivity contribution in [1.82, 2.24) is 4.90 Å². The predicted octanol–water partition coefficient (Wildman–Crippen LogP) is 2.88. The van der Waals surface area contributed by atoms with E-state index in [9.17, 15) is 9.50 Å². The van der Waals surface area contributed by atoms with E-state index in [1.54, 1.807) is 0 Å². The minimum Gasteiger partial charge on any atom is -0.391 e. The molecule has 3 nitrogen and oxygen atoms in total. The first-order valence-corrected chi connectivity index (χ1v) is 7.80. The van der Waals surface area contributed by atoms with Crippen LogP contribution in [0.5, 0.6) is 0 Å². The van der Waals surface area contributed by atoms with Gasteiger partial charge in [0.05, 0.1) is 19.3 Å². The average Bonchev–Trinajstić information content (AvgIpc) is 2.51. The Hall–Kier alpha value is -0.680. The van der Waals surface area contributed by atoms with Gasteiger partial charge in [-0.25, -0.2) is 4.39 Å². The summed E-state index contributed by atoms with van der Waals surface area (Å²) in [5.74, 6) is -0.328. The normalized spacial score (nSPS) is 21.0. The molecule has 1 aliphatic rings. The zero-order chi connectivity index (χ0) is 15.5. The largest absolute Gasteiger partial charge is 0.391 e. The zero-order valence-corrected chi connectivity index (χ0v) is 13.4. The van der Waals surface area contributed by atoms with Crippen molar-refractivity contribution in [1.29, 1.82) is 0 Å². The summed E-state index contributed by atoms with van der Waals surface area (Å²) in [6, 6.07) is 4.27. The number of nitrogens with zero attached hydrogens (tertiary/aromatic N) is 1. The molecule has 1 saturated heterocycles. The molecule has 1 N–H and O–H groups in total. The van der Waals surface area contributed by atoms with E-state index in [-0.39, 0.29) is 11.4 Å². The standard InChI is InChI=1S/C16H23ClFNO2/c1-3-16(2,19-6-8-21-9-7-19)15(20)11-12-10-13(18)4-5-14(12)17/h4-5,10,15,20H,3,6-9,11H2,1-2H3. The molecule has 5 heteroatoms.